The number of hydrogen-bond donors (Lipinski definition) is 0. The fourth-order valence-electron chi connectivity index (χ4n) is 5.37. The minimum absolute atomic E-state index is 0.277. The summed E-state index contributed by atoms with van der Waals surface area (Å²) in [5, 5.41) is 0. The highest BCUT2D eigenvalue weighted by atomic mass is 16.2. The largest absolute Gasteiger partial charge is 0.356 e. The summed E-state index contributed by atoms with van der Waals surface area (Å²) < 4.78 is 0. The van der Waals surface area contributed by atoms with Crippen molar-refractivity contribution in [2.24, 2.45) is 29.1 Å². The zero-order valence-electron chi connectivity index (χ0n) is 16.5. The number of anilines is 1. The fourth-order valence-corrected chi connectivity index (χ4v) is 5.37. The van der Waals surface area contributed by atoms with Gasteiger partial charge in [0, 0.05) is 50.1 Å². The Morgan fingerprint density at radius 1 is 1.00 bits per heavy atom. The number of nitrogens with zero attached hydrogens (tertiary/aromatic N) is 3. The van der Waals surface area contributed by atoms with E-state index in [9.17, 15) is 4.79 Å². The van der Waals surface area contributed by atoms with E-state index in [1.165, 1.54) is 12.8 Å². The molecular weight excluding hydrogens is 322 g/mol. The molecule has 1 aliphatic carbocycles. The lowest BCUT2D eigenvalue weighted by molar-refractivity contribution is -0.136. The second-order valence-electron chi connectivity index (χ2n) is 9.77. The van der Waals surface area contributed by atoms with Crippen molar-refractivity contribution in [3.63, 3.8) is 0 Å². The Bertz CT molecular complexity index is 617. The van der Waals surface area contributed by atoms with Crippen molar-refractivity contribution in [2.45, 2.75) is 46.5 Å². The van der Waals surface area contributed by atoms with Gasteiger partial charge in [-0.25, -0.2) is 4.98 Å². The zero-order chi connectivity index (χ0) is 18.3. The predicted octanol–water partition coefficient (Wildman–Crippen LogP) is 3.83. The van der Waals surface area contributed by atoms with Crippen molar-refractivity contribution in [2.75, 3.05) is 31.1 Å². The molecule has 2 atom stereocenters. The van der Waals surface area contributed by atoms with E-state index in [0.717, 1.165) is 50.8 Å². The smallest absolute Gasteiger partial charge is 0.225 e. The van der Waals surface area contributed by atoms with Gasteiger partial charge in [0.25, 0.3) is 0 Å². The third kappa shape index (κ3) is 3.47. The van der Waals surface area contributed by atoms with Gasteiger partial charge in [-0.15, -0.1) is 0 Å². The number of carbonyl (C=O) groups is 1. The molecule has 3 heterocycles. The van der Waals surface area contributed by atoms with Gasteiger partial charge in [-0.1, -0.05) is 26.8 Å². The highest BCUT2D eigenvalue weighted by Gasteiger charge is 2.43. The number of hydrogen-bond acceptors (Lipinski definition) is 3. The van der Waals surface area contributed by atoms with Crippen LogP contribution in [0.5, 0.6) is 0 Å². The van der Waals surface area contributed by atoms with Gasteiger partial charge in [-0.2, -0.15) is 0 Å². The SMILES string of the molecule is CC(C)(C)C1CCC(C(=O)N2C[C@@H]3CN(c4ccccn4)C[C@@H]3C2)CC1. The van der Waals surface area contributed by atoms with Crippen LogP contribution in [0.4, 0.5) is 5.82 Å². The minimum atomic E-state index is 0.277. The zero-order valence-corrected chi connectivity index (χ0v) is 16.5. The number of pyridine rings is 1. The van der Waals surface area contributed by atoms with Gasteiger partial charge in [0.05, 0.1) is 0 Å². The maximum atomic E-state index is 13.0. The molecule has 2 saturated heterocycles. The van der Waals surface area contributed by atoms with E-state index in [1.807, 2.05) is 12.3 Å². The van der Waals surface area contributed by atoms with Crippen LogP contribution in [0, 0.1) is 29.1 Å². The molecule has 1 aromatic heterocycles. The van der Waals surface area contributed by atoms with Crippen molar-refractivity contribution in [3.8, 4) is 0 Å². The van der Waals surface area contributed by atoms with E-state index in [4.69, 9.17) is 0 Å². The predicted molar refractivity (Wildman–Crippen MR) is 105 cm³/mol. The third-order valence-corrected chi connectivity index (χ3v) is 7.07. The Labute approximate surface area is 158 Å². The van der Waals surface area contributed by atoms with Crippen LogP contribution in [0.25, 0.3) is 0 Å². The van der Waals surface area contributed by atoms with Gasteiger partial charge < -0.3 is 9.80 Å². The highest BCUT2D eigenvalue weighted by Crippen LogP contribution is 2.41. The summed E-state index contributed by atoms with van der Waals surface area (Å²) in [7, 11) is 0. The maximum absolute atomic E-state index is 13.0. The molecule has 0 bridgehead atoms. The molecule has 1 aromatic rings. The van der Waals surface area contributed by atoms with Crippen molar-refractivity contribution in [1.29, 1.82) is 0 Å². The molecule has 4 rings (SSSR count). The van der Waals surface area contributed by atoms with Crippen molar-refractivity contribution < 1.29 is 4.79 Å². The second-order valence-corrected chi connectivity index (χ2v) is 9.77. The Morgan fingerprint density at radius 2 is 1.65 bits per heavy atom. The molecule has 3 fully saturated rings. The summed E-state index contributed by atoms with van der Waals surface area (Å²) in [4.78, 5) is 22.1. The maximum Gasteiger partial charge on any atom is 0.225 e. The van der Waals surface area contributed by atoms with Crippen LogP contribution in [-0.2, 0) is 4.79 Å². The van der Waals surface area contributed by atoms with Crippen LogP contribution in [-0.4, -0.2) is 42.0 Å². The first-order chi connectivity index (χ1) is 12.4. The van der Waals surface area contributed by atoms with Gasteiger partial charge in [0.1, 0.15) is 5.82 Å². The first kappa shape index (κ1) is 17.8. The molecule has 0 unspecified atom stereocenters. The topological polar surface area (TPSA) is 36.4 Å². The normalized spacial score (nSPS) is 32.0. The summed E-state index contributed by atoms with van der Waals surface area (Å²) >= 11 is 0. The lowest BCUT2D eigenvalue weighted by atomic mass is 9.69. The van der Waals surface area contributed by atoms with E-state index in [0.29, 0.717) is 23.2 Å². The average molecular weight is 356 g/mol. The van der Waals surface area contributed by atoms with Crippen molar-refractivity contribution in [3.05, 3.63) is 24.4 Å². The molecule has 142 valence electrons. The van der Waals surface area contributed by atoms with Gasteiger partial charge >= 0.3 is 0 Å². The Morgan fingerprint density at radius 3 is 2.19 bits per heavy atom. The molecule has 0 N–H and O–H groups in total. The Balaban J connectivity index is 1.30. The number of amides is 1. The second kappa shape index (κ2) is 6.86. The van der Waals surface area contributed by atoms with Gasteiger partial charge in [0.2, 0.25) is 5.91 Å². The molecule has 0 aromatic carbocycles. The molecule has 26 heavy (non-hydrogen) atoms. The molecule has 4 nitrogen and oxygen atoms in total. The summed E-state index contributed by atoms with van der Waals surface area (Å²) in [5.41, 5.74) is 0.383. The lowest BCUT2D eigenvalue weighted by Gasteiger charge is -2.37. The molecule has 2 aliphatic heterocycles. The first-order valence-electron chi connectivity index (χ1n) is 10.4. The number of fused-ring (bicyclic) bond motifs is 1. The average Bonchev–Trinajstić information content (AvgIpc) is 3.20. The summed E-state index contributed by atoms with van der Waals surface area (Å²) in [6.45, 7) is 11.0. The van der Waals surface area contributed by atoms with Crippen molar-refractivity contribution in [1.82, 2.24) is 9.88 Å². The molecule has 1 amide bonds. The van der Waals surface area contributed by atoms with E-state index < -0.39 is 0 Å². The van der Waals surface area contributed by atoms with Gasteiger partial charge in [0.15, 0.2) is 0 Å². The van der Waals surface area contributed by atoms with Crippen molar-refractivity contribution >= 4 is 11.7 Å². The Kier molecular flexibility index (Phi) is 4.70. The van der Waals surface area contributed by atoms with E-state index in [-0.39, 0.29) is 5.92 Å². The summed E-state index contributed by atoms with van der Waals surface area (Å²) in [6.07, 6.45) is 6.48. The van der Waals surface area contributed by atoms with Crippen LogP contribution in [0.1, 0.15) is 46.5 Å². The van der Waals surface area contributed by atoms with Crippen LogP contribution in [0.15, 0.2) is 24.4 Å². The number of likely N-dealkylation sites (tertiary alicyclic amines) is 1. The molecule has 0 radical (unpaired) electrons. The lowest BCUT2D eigenvalue weighted by Crippen LogP contribution is -2.39. The molecule has 1 saturated carbocycles. The minimum Gasteiger partial charge on any atom is -0.356 e. The molecule has 4 heteroatoms. The quantitative estimate of drug-likeness (QED) is 0.809. The highest BCUT2D eigenvalue weighted by molar-refractivity contribution is 5.79. The molecular formula is C22H33N3O. The van der Waals surface area contributed by atoms with E-state index in [2.05, 4.69) is 47.7 Å². The summed E-state index contributed by atoms with van der Waals surface area (Å²) in [6, 6.07) is 6.12. The van der Waals surface area contributed by atoms with Crippen LogP contribution in [0.3, 0.4) is 0 Å². The monoisotopic (exact) mass is 355 g/mol. The third-order valence-electron chi connectivity index (χ3n) is 7.07. The van der Waals surface area contributed by atoms with Crippen LogP contribution < -0.4 is 4.90 Å². The first-order valence-corrected chi connectivity index (χ1v) is 10.4. The van der Waals surface area contributed by atoms with E-state index in [1.54, 1.807) is 0 Å². The van der Waals surface area contributed by atoms with Crippen LogP contribution >= 0.6 is 0 Å². The van der Waals surface area contributed by atoms with E-state index >= 15 is 0 Å². The number of carbonyl (C=O) groups excluding carboxylic acids is 1. The summed E-state index contributed by atoms with van der Waals surface area (Å²) in [5.74, 6) is 3.81. The standard InChI is InChI=1S/C22H33N3O/c1-22(2,3)19-9-7-16(8-10-19)21(26)25-14-17-12-24(13-18(17)15-25)20-6-4-5-11-23-20/h4-6,11,16-19H,7-10,12-15H2,1-3H3/t16?,17-,18+,19?. The molecule has 0 spiro atoms. The fraction of sp³-hybridized carbons (Fsp3) is 0.727. The van der Waals surface area contributed by atoms with Crippen LogP contribution in [0.2, 0.25) is 0 Å². The van der Waals surface area contributed by atoms with Gasteiger partial charge in [-0.05, 0) is 49.1 Å². The van der Waals surface area contributed by atoms with Gasteiger partial charge in [-0.3, -0.25) is 4.79 Å². The number of aromatic nitrogens is 1. The number of rotatable bonds is 2. The Hall–Kier alpha value is -1.58. The molecule has 3 aliphatic rings.